The number of carbonyl (C=O) groups is 1. The zero-order valence-corrected chi connectivity index (χ0v) is 16.9. The molecule has 0 bridgehead atoms. The normalized spacial score (nSPS) is 13.3. The second-order valence-electron chi connectivity index (χ2n) is 6.62. The van der Waals surface area contributed by atoms with E-state index >= 15 is 0 Å². The van der Waals surface area contributed by atoms with Crippen LogP contribution in [-0.2, 0) is 16.9 Å². The summed E-state index contributed by atoms with van der Waals surface area (Å²) in [5.74, 6) is -2.70. The van der Waals surface area contributed by atoms with E-state index in [0.29, 0.717) is 11.1 Å². The van der Waals surface area contributed by atoms with Gasteiger partial charge in [0.15, 0.2) is 0 Å². The number of rotatable bonds is 6. The number of esters is 1. The molecule has 31 heavy (non-hydrogen) atoms. The summed E-state index contributed by atoms with van der Waals surface area (Å²) in [5, 5.41) is 24.8. The molecular formula is C21H22F2N4O4. The fourth-order valence-electron chi connectivity index (χ4n) is 3.16. The Kier molecular flexibility index (Phi) is 7.92. The van der Waals surface area contributed by atoms with Crippen LogP contribution in [0.2, 0.25) is 0 Å². The van der Waals surface area contributed by atoms with Gasteiger partial charge in [-0.05, 0) is 23.8 Å². The van der Waals surface area contributed by atoms with Gasteiger partial charge in [0, 0.05) is 24.3 Å². The summed E-state index contributed by atoms with van der Waals surface area (Å²) in [6.07, 6.45) is 2.71. The van der Waals surface area contributed by atoms with Crippen molar-refractivity contribution in [1.29, 1.82) is 0 Å². The van der Waals surface area contributed by atoms with E-state index in [9.17, 15) is 18.7 Å². The first-order valence-electron chi connectivity index (χ1n) is 9.05. The largest absolute Gasteiger partial charge is 0.465 e. The predicted molar refractivity (Wildman–Crippen MR) is 108 cm³/mol. The van der Waals surface area contributed by atoms with Crippen LogP contribution in [0.3, 0.4) is 0 Å². The number of ether oxygens (including phenoxy) is 1. The molecule has 10 heteroatoms. The fourth-order valence-corrected chi connectivity index (χ4v) is 3.16. The molecule has 164 valence electrons. The Morgan fingerprint density at radius 1 is 1.29 bits per heavy atom. The van der Waals surface area contributed by atoms with Gasteiger partial charge in [-0.25, -0.2) is 23.2 Å². The summed E-state index contributed by atoms with van der Waals surface area (Å²) in [7, 11) is 1.28. The molecule has 0 aliphatic rings. The van der Waals surface area contributed by atoms with Crippen LogP contribution in [0.1, 0.15) is 34.3 Å². The van der Waals surface area contributed by atoms with Crippen molar-refractivity contribution in [2.75, 3.05) is 7.11 Å². The topological polar surface area (TPSA) is 110 Å². The van der Waals surface area contributed by atoms with Gasteiger partial charge in [-0.1, -0.05) is 25.1 Å². The van der Waals surface area contributed by atoms with Crippen LogP contribution in [0, 0.1) is 11.6 Å². The number of hydrogen-bond acceptors (Lipinski definition) is 7. The lowest BCUT2D eigenvalue weighted by atomic mass is 9.78. The maximum absolute atomic E-state index is 14.6. The van der Waals surface area contributed by atoms with Crippen molar-refractivity contribution < 1.29 is 28.6 Å². The van der Waals surface area contributed by atoms with Crippen LogP contribution in [0.25, 0.3) is 0 Å². The first-order chi connectivity index (χ1) is 14.8. The van der Waals surface area contributed by atoms with Gasteiger partial charge in [-0.15, -0.1) is 5.16 Å². The van der Waals surface area contributed by atoms with E-state index in [2.05, 4.69) is 26.7 Å². The van der Waals surface area contributed by atoms with Crippen LogP contribution in [0.5, 0.6) is 0 Å². The third-order valence-corrected chi connectivity index (χ3v) is 4.82. The molecule has 2 atom stereocenters. The summed E-state index contributed by atoms with van der Waals surface area (Å²) in [6.45, 7) is 4.28. The van der Waals surface area contributed by atoms with E-state index in [1.807, 2.05) is 0 Å². The maximum atomic E-state index is 14.6. The monoisotopic (exact) mass is 432 g/mol. The minimum absolute atomic E-state index is 0.0612. The van der Waals surface area contributed by atoms with Crippen LogP contribution >= 0.6 is 0 Å². The Hall–Kier alpha value is -3.66. The lowest BCUT2D eigenvalue weighted by Gasteiger charge is -2.35. The highest BCUT2D eigenvalue weighted by atomic mass is 19.1. The molecule has 0 spiro atoms. The van der Waals surface area contributed by atoms with Crippen molar-refractivity contribution >= 4 is 12.7 Å². The molecule has 0 saturated carbocycles. The smallest absolute Gasteiger partial charge is 0.337 e. The molecule has 1 aromatic heterocycles. The second kappa shape index (κ2) is 10.4. The van der Waals surface area contributed by atoms with Crippen LogP contribution in [0.4, 0.5) is 8.78 Å². The predicted octanol–water partition coefficient (Wildman–Crippen LogP) is 3.11. The van der Waals surface area contributed by atoms with Gasteiger partial charge in [0.1, 0.15) is 29.9 Å². The Morgan fingerprint density at radius 3 is 2.45 bits per heavy atom. The van der Waals surface area contributed by atoms with Gasteiger partial charge in [0.2, 0.25) is 0 Å². The first-order valence-corrected chi connectivity index (χ1v) is 9.05. The molecule has 0 aliphatic heterocycles. The van der Waals surface area contributed by atoms with Gasteiger partial charge < -0.3 is 15.1 Å². The van der Waals surface area contributed by atoms with Gasteiger partial charge in [-0.3, -0.25) is 0 Å². The van der Waals surface area contributed by atoms with Crippen LogP contribution in [0.15, 0.2) is 60.3 Å². The second-order valence-corrected chi connectivity index (χ2v) is 6.62. The van der Waals surface area contributed by atoms with Gasteiger partial charge in [-0.2, -0.15) is 5.10 Å². The van der Waals surface area contributed by atoms with E-state index in [-0.39, 0.29) is 12.1 Å². The third kappa shape index (κ3) is 5.48. The maximum Gasteiger partial charge on any atom is 0.337 e. The molecule has 0 amide bonds. The SMILES string of the molecule is C=NO.COC(=O)c1ccc(C(C)C(O)(Cn2cncn2)c2ccc(F)cc2F)cc1. The standard InChI is InChI=1S/C20H19F2N3O3.CH3NO/c1-13(14-3-5-15(6-4-14)19(26)28-2)20(27,10-25-12-23-11-24-25)17-8-7-16(21)9-18(17)22;1-2-3/h3-9,11-13,27H,10H2,1-2H3;3H,1H2. The number of hydrogen-bond donors (Lipinski definition) is 2. The molecule has 0 fully saturated rings. The molecule has 0 aliphatic carbocycles. The zero-order valence-electron chi connectivity index (χ0n) is 16.9. The van der Waals surface area contributed by atoms with Crippen LogP contribution in [-0.4, -0.2) is 44.9 Å². The number of benzene rings is 2. The van der Waals surface area contributed by atoms with Crippen molar-refractivity contribution in [2.24, 2.45) is 5.16 Å². The minimum atomic E-state index is -1.75. The highest BCUT2D eigenvalue weighted by Gasteiger charge is 2.40. The quantitative estimate of drug-likeness (QED) is 0.268. The fraction of sp³-hybridized carbons (Fsp3) is 0.238. The van der Waals surface area contributed by atoms with Gasteiger partial charge >= 0.3 is 5.97 Å². The highest BCUT2D eigenvalue weighted by Crippen LogP contribution is 2.39. The van der Waals surface area contributed by atoms with Gasteiger partial charge in [0.05, 0.1) is 19.2 Å². The first kappa shape index (κ1) is 23.6. The number of halogens is 2. The lowest BCUT2D eigenvalue weighted by molar-refractivity contribution is -0.0112. The number of carbonyl (C=O) groups excluding carboxylic acids is 1. The molecule has 1 heterocycles. The van der Waals surface area contributed by atoms with Gasteiger partial charge in [0.25, 0.3) is 0 Å². The third-order valence-electron chi connectivity index (χ3n) is 4.82. The van der Waals surface area contributed by atoms with E-state index in [0.717, 1.165) is 12.1 Å². The zero-order chi connectivity index (χ0) is 23.0. The lowest BCUT2D eigenvalue weighted by Crippen LogP contribution is -2.38. The van der Waals surface area contributed by atoms with Crippen molar-refractivity contribution in [3.05, 3.63) is 83.4 Å². The van der Waals surface area contributed by atoms with E-state index in [1.54, 1.807) is 31.2 Å². The Morgan fingerprint density at radius 2 is 1.94 bits per heavy atom. The average molecular weight is 432 g/mol. The molecule has 0 radical (unpaired) electrons. The highest BCUT2D eigenvalue weighted by molar-refractivity contribution is 5.89. The Balaban J connectivity index is 0.00000107. The molecule has 3 rings (SSSR count). The number of oxime groups is 1. The van der Waals surface area contributed by atoms with E-state index in [1.165, 1.54) is 30.5 Å². The molecular weight excluding hydrogens is 410 g/mol. The van der Waals surface area contributed by atoms with E-state index < -0.39 is 29.1 Å². The Labute approximate surface area is 177 Å². The summed E-state index contributed by atoms with van der Waals surface area (Å²) in [4.78, 5) is 15.5. The molecule has 2 N–H and O–H groups in total. The van der Waals surface area contributed by atoms with Crippen molar-refractivity contribution in [2.45, 2.75) is 25.0 Å². The Bertz CT molecular complexity index is 1010. The molecule has 2 unspecified atom stereocenters. The summed E-state index contributed by atoms with van der Waals surface area (Å²) < 4.78 is 34.0. The number of aromatic nitrogens is 3. The summed E-state index contributed by atoms with van der Waals surface area (Å²) >= 11 is 0. The minimum Gasteiger partial charge on any atom is -0.465 e. The van der Waals surface area contributed by atoms with E-state index in [4.69, 9.17) is 5.21 Å². The molecule has 8 nitrogen and oxygen atoms in total. The number of methoxy groups -OCH3 is 1. The van der Waals surface area contributed by atoms with Crippen molar-refractivity contribution in [3.63, 3.8) is 0 Å². The molecule has 2 aromatic carbocycles. The average Bonchev–Trinajstić information content (AvgIpc) is 3.26. The van der Waals surface area contributed by atoms with Crippen molar-refractivity contribution in [1.82, 2.24) is 14.8 Å². The number of aliphatic hydroxyl groups is 1. The van der Waals surface area contributed by atoms with Crippen LogP contribution < -0.4 is 0 Å². The molecule has 0 saturated heterocycles. The summed E-state index contributed by atoms with van der Waals surface area (Å²) in [6, 6.07) is 9.49. The number of nitrogens with zero attached hydrogens (tertiary/aromatic N) is 4. The molecule has 3 aromatic rings. The summed E-state index contributed by atoms with van der Waals surface area (Å²) in [5.41, 5.74) is -0.808. The van der Waals surface area contributed by atoms with Crippen molar-refractivity contribution in [3.8, 4) is 0 Å².